The number of halogens is 2. The number of aliphatic hydroxyl groups is 1. The van der Waals surface area contributed by atoms with Crippen LogP contribution in [0.25, 0.3) is 0 Å². The lowest BCUT2D eigenvalue weighted by Crippen LogP contribution is -2.06. The van der Waals surface area contributed by atoms with E-state index in [9.17, 15) is 8.78 Å². The Kier molecular flexibility index (Phi) is 4.43. The molecule has 1 nitrogen and oxygen atoms in total. The fourth-order valence-corrected chi connectivity index (χ4v) is 1.38. The molecule has 0 aliphatic rings. The van der Waals surface area contributed by atoms with Crippen LogP contribution in [0, 0.1) is 0 Å². The topological polar surface area (TPSA) is 20.2 Å². The average molecular weight is 212 g/mol. The van der Waals surface area contributed by atoms with Crippen molar-refractivity contribution in [2.45, 2.75) is 25.9 Å². The van der Waals surface area contributed by atoms with E-state index in [4.69, 9.17) is 5.11 Å². The first-order valence-corrected chi connectivity index (χ1v) is 4.87. The van der Waals surface area contributed by atoms with Gasteiger partial charge in [0.15, 0.2) is 0 Å². The molecule has 0 spiro atoms. The van der Waals surface area contributed by atoms with Gasteiger partial charge in [0.1, 0.15) is 0 Å². The third-order valence-electron chi connectivity index (χ3n) is 2.27. The van der Waals surface area contributed by atoms with E-state index >= 15 is 0 Å². The normalized spacial score (nSPS) is 12.3. The fourth-order valence-electron chi connectivity index (χ4n) is 1.38. The first-order valence-electron chi connectivity index (χ1n) is 4.87. The van der Waals surface area contributed by atoms with Gasteiger partial charge in [-0.15, -0.1) is 0 Å². The van der Waals surface area contributed by atoms with Crippen molar-refractivity contribution in [3.63, 3.8) is 0 Å². The zero-order valence-electron chi connectivity index (χ0n) is 8.58. The standard InChI is InChI=1S/C12H14F2O/c1-9(15)11(12(13)14)8-7-10-5-3-2-4-6-10/h2-6,9,15H,7-8H2,1H3. The van der Waals surface area contributed by atoms with Gasteiger partial charge >= 0.3 is 0 Å². The molecule has 0 heterocycles. The van der Waals surface area contributed by atoms with Gasteiger partial charge in [0.2, 0.25) is 0 Å². The largest absolute Gasteiger partial charge is 0.389 e. The van der Waals surface area contributed by atoms with Gasteiger partial charge in [0.05, 0.1) is 6.10 Å². The van der Waals surface area contributed by atoms with Crippen molar-refractivity contribution in [1.29, 1.82) is 0 Å². The van der Waals surface area contributed by atoms with Crippen LogP contribution in [-0.4, -0.2) is 11.2 Å². The average Bonchev–Trinajstić information content (AvgIpc) is 2.18. The molecule has 0 saturated heterocycles. The Hall–Kier alpha value is -1.22. The highest BCUT2D eigenvalue weighted by Gasteiger charge is 2.12. The summed E-state index contributed by atoms with van der Waals surface area (Å²) in [6.07, 6.45) is -2.11. The quantitative estimate of drug-likeness (QED) is 0.812. The Bertz CT molecular complexity index is 327. The zero-order chi connectivity index (χ0) is 11.3. The molecule has 15 heavy (non-hydrogen) atoms. The number of rotatable bonds is 4. The van der Waals surface area contributed by atoms with Crippen LogP contribution in [0.2, 0.25) is 0 Å². The summed E-state index contributed by atoms with van der Waals surface area (Å²) in [7, 11) is 0. The fraction of sp³-hybridized carbons (Fsp3) is 0.333. The van der Waals surface area contributed by atoms with Crippen LogP contribution in [-0.2, 0) is 6.42 Å². The summed E-state index contributed by atoms with van der Waals surface area (Å²) in [4.78, 5) is 0. The van der Waals surface area contributed by atoms with Gasteiger partial charge in [-0.1, -0.05) is 30.3 Å². The lowest BCUT2D eigenvalue weighted by molar-refractivity contribution is 0.215. The minimum atomic E-state index is -1.76. The molecule has 1 rings (SSSR count). The van der Waals surface area contributed by atoms with Gasteiger partial charge in [-0.3, -0.25) is 0 Å². The number of hydrogen-bond acceptors (Lipinski definition) is 1. The summed E-state index contributed by atoms with van der Waals surface area (Å²) in [6, 6.07) is 9.38. The van der Waals surface area contributed by atoms with E-state index in [1.54, 1.807) is 0 Å². The molecule has 1 unspecified atom stereocenters. The number of benzene rings is 1. The van der Waals surface area contributed by atoms with Crippen molar-refractivity contribution in [3.05, 3.63) is 47.5 Å². The third kappa shape index (κ3) is 3.80. The first-order chi connectivity index (χ1) is 7.11. The second kappa shape index (κ2) is 5.61. The Morgan fingerprint density at radius 3 is 2.33 bits per heavy atom. The molecule has 1 N–H and O–H groups in total. The Morgan fingerprint density at radius 1 is 1.27 bits per heavy atom. The SMILES string of the molecule is CC(O)C(CCc1ccccc1)=C(F)F. The Morgan fingerprint density at radius 2 is 1.87 bits per heavy atom. The molecule has 0 amide bonds. The predicted octanol–water partition coefficient (Wildman–Crippen LogP) is 3.15. The molecule has 1 atom stereocenters. The van der Waals surface area contributed by atoms with Crippen LogP contribution in [0.5, 0.6) is 0 Å². The van der Waals surface area contributed by atoms with Crippen molar-refractivity contribution < 1.29 is 13.9 Å². The van der Waals surface area contributed by atoms with E-state index in [0.29, 0.717) is 6.42 Å². The number of aliphatic hydroxyl groups excluding tert-OH is 1. The molecule has 0 radical (unpaired) electrons. The van der Waals surface area contributed by atoms with Crippen molar-refractivity contribution >= 4 is 0 Å². The maximum atomic E-state index is 12.4. The van der Waals surface area contributed by atoms with E-state index < -0.39 is 12.2 Å². The molecular weight excluding hydrogens is 198 g/mol. The lowest BCUT2D eigenvalue weighted by Gasteiger charge is -2.08. The first kappa shape index (κ1) is 11.9. The maximum Gasteiger partial charge on any atom is 0.272 e. The minimum Gasteiger partial charge on any atom is -0.389 e. The van der Waals surface area contributed by atoms with Gasteiger partial charge in [0.25, 0.3) is 6.08 Å². The minimum absolute atomic E-state index is 0.168. The summed E-state index contributed by atoms with van der Waals surface area (Å²) < 4.78 is 24.7. The van der Waals surface area contributed by atoms with Gasteiger partial charge < -0.3 is 5.11 Å². The van der Waals surface area contributed by atoms with Crippen molar-refractivity contribution in [2.75, 3.05) is 0 Å². The van der Waals surface area contributed by atoms with Gasteiger partial charge in [0, 0.05) is 5.57 Å². The maximum absolute atomic E-state index is 12.4. The van der Waals surface area contributed by atoms with Crippen LogP contribution in [0.3, 0.4) is 0 Å². The second-order valence-corrected chi connectivity index (χ2v) is 3.45. The monoisotopic (exact) mass is 212 g/mol. The van der Waals surface area contributed by atoms with Gasteiger partial charge in [-0.2, -0.15) is 8.78 Å². The summed E-state index contributed by atoms with van der Waals surface area (Å²) in [5, 5.41) is 9.12. The molecule has 82 valence electrons. The third-order valence-corrected chi connectivity index (χ3v) is 2.27. The van der Waals surface area contributed by atoms with E-state index in [1.165, 1.54) is 6.92 Å². The van der Waals surface area contributed by atoms with E-state index in [0.717, 1.165) is 5.56 Å². The Labute approximate surface area is 88.1 Å². The van der Waals surface area contributed by atoms with E-state index in [1.807, 2.05) is 30.3 Å². The highest BCUT2D eigenvalue weighted by Crippen LogP contribution is 2.18. The summed E-state index contributed by atoms with van der Waals surface area (Å²) >= 11 is 0. The van der Waals surface area contributed by atoms with Gasteiger partial charge in [-0.05, 0) is 25.3 Å². The number of hydrogen-bond donors (Lipinski definition) is 1. The molecule has 0 fully saturated rings. The molecule has 0 aliphatic heterocycles. The molecule has 0 saturated carbocycles. The van der Waals surface area contributed by atoms with Crippen LogP contribution >= 0.6 is 0 Å². The lowest BCUT2D eigenvalue weighted by atomic mass is 10.0. The smallest absolute Gasteiger partial charge is 0.272 e. The second-order valence-electron chi connectivity index (χ2n) is 3.45. The summed E-state index contributed by atoms with van der Waals surface area (Å²) in [5.41, 5.74) is 0.829. The molecule has 0 bridgehead atoms. The predicted molar refractivity (Wildman–Crippen MR) is 55.7 cm³/mol. The molecular formula is C12H14F2O. The van der Waals surface area contributed by atoms with Crippen molar-refractivity contribution in [3.8, 4) is 0 Å². The van der Waals surface area contributed by atoms with Crippen LogP contribution in [0.1, 0.15) is 18.9 Å². The summed E-state index contributed by atoms with van der Waals surface area (Å²) in [6.45, 7) is 1.36. The highest BCUT2D eigenvalue weighted by molar-refractivity contribution is 5.17. The van der Waals surface area contributed by atoms with Crippen molar-refractivity contribution in [2.24, 2.45) is 0 Å². The summed E-state index contributed by atoms with van der Waals surface area (Å²) in [5.74, 6) is 0. The highest BCUT2D eigenvalue weighted by atomic mass is 19.3. The van der Waals surface area contributed by atoms with E-state index in [2.05, 4.69) is 0 Å². The molecule has 1 aromatic carbocycles. The zero-order valence-corrected chi connectivity index (χ0v) is 8.58. The van der Waals surface area contributed by atoms with Crippen LogP contribution < -0.4 is 0 Å². The molecule has 0 aromatic heterocycles. The molecule has 1 aromatic rings. The van der Waals surface area contributed by atoms with Crippen molar-refractivity contribution in [1.82, 2.24) is 0 Å². The van der Waals surface area contributed by atoms with Crippen LogP contribution in [0.4, 0.5) is 8.78 Å². The Balaban J connectivity index is 2.60. The molecule has 3 heteroatoms. The molecule has 0 aliphatic carbocycles. The van der Waals surface area contributed by atoms with Gasteiger partial charge in [-0.25, -0.2) is 0 Å². The van der Waals surface area contributed by atoms with E-state index in [-0.39, 0.29) is 12.0 Å². The number of aryl methyl sites for hydroxylation is 1. The van der Waals surface area contributed by atoms with Crippen LogP contribution in [0.15, 0.2) is 42.0 Å².